The number of aromatic nitrogens is 1. The van der Waals surface area contributed by atoms with Gasteiger partial charge in [-0.05, 0) is 35.0 Å². The van der Waals surface area contributed by atoms with Gasteiger partial charge in [-0.15, -0.1) is 0 Å². The number of hydrogen-bond acceptors (Lipinski definition) is 3. The number of pyridine rings is 1. The van der Waals surface area contributed by atoms with E-state index in [-0.39, 0.29) is 5.97 Å². The van der Waals surface area contributed by atoms with E-state index in [0.717, 1.165) is 5.39 Å². The molecule has 0 saturated carbocycles. The molecule has 3 nitrogen and oxygen atoms in total. The van der Waals surface area contributed by atoms with Crippen LogP contribution < -0.4 is 0 Å². The molecule has 16 heavy (non-hydrogen) atoms. The molecule has 0 bridgehead atoms. The number of carbonyl (C=O) groups excluding carboxylic acids is 1. The third kappa shape index (κ3) is 1.93. The molecule has 0 amide bonds. The monoisotopic (exact) mass is 279 g/mol. The molecule has 0 spiro atoms. The predicted octanol–water partition coefficient (Wildman–Crippen LogP) is 3.17. The van der Waals surface area contributed by atoms with Gasteiger partial charge in [0.25, 0.3) is 0 Å². The lowest BCUT2D eigenvalue weighted by Crippen LogP contribution is -2.07. The maximum absolute atomic E-state index is 11.8. The zero-order valence-electron chi connectivity index (χ0n) is 8.74. The van der Waals surface area contributed by atoms with Crippen molar-refractivity contribution in [3.63, 3.8) is 0 Å². The van der Waals surface area contributed by atoms with E-state index in [0.29, 0.717) is 22.2 Å². The number of ether oxygens (including phenoxy) is 1. The fourth-order valence-electron chi connectivity index (χ4n) is 1.52. The first-order valence-corrected chi connectivity index (χ1v) is 5.73. The number of halogens is 1. The maximum atomic E-state index is 11.8. The smallest absolute Gasteiger partial charge is 0.341 e. The second-order valence-corrected chi connectivity index (χ2v) is 4.07. The average molecular weight is 280 g/mol. The Morgan fingerprint density at radius 1 is 1.44 bits per heavy atom. The lowest BCUT2D eigenvalue weighted by molar-refractivity contribution is 0.0527. The Balaban J connectivity index is 2.66. The first kappa shape index (κ1) is 11.1. The van der Waals surface area contributed by atoms with E-state index in [9.17, 15) is 4.79 Å². The van der Waals surface area contributed by atoms with Crippen LogP contribution in [0.1, 0.15) is 17.3 Å². The minimum absolute atomic E-state index is 0.348. The molecule has 1 aromatic heterocycles. The van der Waals surface area contributed by atoms with Crippen LogP contribution in [0, 0.1) is 0 Å². The van der Waals surface area contributed by atoms with Gasteiger partial charge < -0.3 is 4.74 Å². The van der Waals surface area contributed by atoms with Gasteiger partial charge in [0.05, 0.1) is 12.1 Å². The van der Waals surface area contributed by atoms with Crippen molar-refractivity contribution < 1.29 is 9.53 Å². The summed E-state index contributed by atoms with van der Waals surface area (Å²) < 4.78 is 5.71. The van der Waals surface area contributed by atoms with Gasteiger partial charge in [0, 0.05) is 16.1 Å². The maximum Gasteiger partial charge on any atom is 0.341 e. The molecule has 1 heterocycles. The number of esters is 1. The Morgan fingerprint density at radius 2 is 2.25 bits per heavy atom. The first-order valence-electron chi connectivity index (χ1n) is 4.94. The van der Waals surface area contributed by atoms with Crippen LogP contribution in [0.2, 0.25) is 0 Å². The zero-order chi connectivity index (χ0) is 11.5. The van der Waals surface area contributed by atoms with Crippen LogP contribution in [0.15, 0.2) is 34.9 Å². The second kappa shape index (κ2) is 4.61. The molecular weight excluding hydrogens is 270 g/mol. The average Bonchev–Trinajstić information content (AvgIpc) is 2.29. The van der Waals surface area contributed by atoms with Crippen LogP contribution in [0.5, 0.6) is 0 Å². The number of rotatable bonds is 2. The lowest BCUT2D eigenvalue weighted by atomic mass is 10.1. The molecule has 0 aliphatic heterocycles. The quantitative estimate of drug-likeness (QED) is 0.793. The summed E-state index contributed by atoms with van der Waals surface area (Å²) in [5.74, 6) is -0.348. The number of hydrogen-bond donors (Lipinski definition) is 0. The number of nitrogens with zero attached hydrogens (tertiary/aromatic N) is 1. The largest absolute Gasteiger partial charge is 0.462 e. The van der Waals surface area contributed by atoms with Crippen molar-refractivity contribution in [3.05, 3.63) is 40.5 Å². The highest BCUT2D eigenvalue weighted by Crippen LogP contribution is 2.25. The Hall–Kier alpha value is -1.42. The summed E-state index contributed by atoms with van der Waals surface area (Å²) in [6.07, 6.45) is 1.66. The summed E-state index contributed by atoms with van der Waals surface area (Å²) in [5.41, 5.74) is 1.15. The standard InChI is InChI=1S/C12H10BrNO2/c1-2-16-12(15)10-9(13)6-5-8-4-3-7-14-11(8)10/h3-7H,2H2,1H3. The number of fused-ring (bicyclic) bond motifs is 1. The van der Waals surface area contributed by atoms with Gasteiger partial charge in [-0.3, -0.25) is 4.98 Å². The summed E-state index contributed by atoms with van der Waals surface area (Å²) in [6, 6.07) is 7.49. The van der Waals surface area contributed by atoms with Gasteiger partial charge in [0.1, 0.15) is 5.56 Å². The van der Waals surface area contributed by atoms with Crippen LogP contribution in [-0.2, 0) is 4.74 Å². The molecule has 82 valence electrons. The van der Waals surface area contributed by atoms with Crippen LogP contribution >= 0.6 is 15.9 Å². The molecule has 0 radical (unpaired) electrons. The summed E-state index contributed by atoms with van der Waals surface area (Å²) >= 11 is 3.35. The topological polar surface area (TPSA) is 39.2 Å². The molecule has 0 unspecified atom stereocenters. The lowest BCUT2D eigenvalue weighted by Gasteiger charge is -2.07. The Labute approximate surface area is 102 Å². The van der Waals surface area contributed by atoms with E-state index in [2.05, 4.69) is 20.9 Å². The van der Waals surface area contributed by atoms with Crippen LogP contribution in [0.3, 0.4) is 0 Å². The van der Waals surface area contributed by atoms with Crippen LogP contribution in [0.25, 0.3) is 10.9 Å². The molecule has 4 heteroatoms. The van der Waals surface area contributed by atoms with E-state index in [1.807, 2.05) is 24.3 Å². The van der Waals surface area contributed by atoms with Gasteiger partial charge in [0.15, 0.2) is 0 Å². The van der Waals surface area contributed by atoms with Gasteiger partial charge in [-0.2, -0.15) is 0 Å². The molecule has 0 aliphatic rings. The van der Waals surface area contributed by atoms with Crippen molar-refractivity contribution in [2.24, 2.45) is 0 Å². The van der Waals surface area contributed by atoms with Gasteiger partial charge in [0.2, 0.25) is 0 Å². The highest BCUT2D eigenvalue weighted by atomic mass is 79.9. The minimum Gasteiger partial charge on any atom is -0.462 e. The van der Waals surface area contributed by atoms with Crippen molar-refractivity contribution in [2.75, 3.05) is 6.61 Å². The zero-order valence-corrected chi connectivity index (χ0v) is 10.3. The third-order valence-electron chi connectivity index (χ3n) is 2.20. The Kier molecular flexibility index (Phi) is 3.19. The van der Waals surface area contributed by atoms with E-state index in [1.165, 1.54) is 0 Å². The van der Waals surface area contributed by atoms with Crippen molar-refractivity contribution in [3.8, 4) is 0 Å². The Morgan fingerprint density at radius 3 is 3.00 bits per heavy atom. The predicted molar refractivity (Wildman–Crippen MR) is 65.4 cm³/mol. The van der Waals surface area contributed by atoms with E-state index < -0.39 is 0 Å². The van der Waals surface area contributed by atoms with E-state index >= 15 is 0 Å². The summed E-state index contributed by atoms with van der Waals surface area (Å²) in [5, 5.41) is 0.925. The normalized spacial score (nSPS) is 10.4. The summed E-state index contributed by atoms with van der Waals surface area (Å²) in [4.78, 5) is 16.0. The summed E-state index contributed by atoms with van der Waals surface area (Å²) in [6.45, 7) is 2.14. The van der Waals surface area contributed by atoms with Crippen molar-refractivity contribution in [2.45, 2.75) is 6.92 Å². The van der Waals surface area contributed by atoms with E-state index in [1.54, 1.807) is 13.1 Å². The van der Waals surface area contributed by atoms with Gasteiger partial charge in [-0.25, -0.2) is 4.79 Å². The van der Waals surface area contributed by atoms with Crippen LogP contribution in [-0.4, -0.2) is 17.6 Å². The van der Waals surface area contributed by atoms with E-state index in [4.69, 9.17) is 4.74 Å². The third-order valence-corrected chi connectivity index (χ3v) is 2.86. The molecule has 0 aliphatic carbocycles. The highest BCUT2D eigenvalue weighted by molar-refractivity contribution is 9.10. The summed E-state index contributed by atoms with van der Waals surface area (Å²) in [7, 11) is 0. The molecule has 2 rings (SSSR count). The number of carbonyl (C=O) groups is 1. The molecule has 0 N–H and O–H groups in total. The minimum atomic E-state index is -0.348. The van der Waals surface area contributed by atoms with Crippen molar-refractivity contribution in [1.82, 2.24) is 4.98 Å². The second-order valence-electron chi connectivity index (χ2n) is 3.22. The van der Waals surface area contributed by atoms with Crippen LogP contribution in [0.4, 0.5) is 0 Å². The molecule has 0 saturated heterocycles. The SMILES string of the molecule is CCOC(=O)c1c(Br)ccc2cccnc12. The number of benzene rings is 1. The van der Waals surface area contributed by atoms with Crippen molar-refractivity contribution >= 4 is 32.8 Å². The van der Waals surface area contributed by atoms with Crippen molar-refractivity contribution in [1.29, 1.82) is 0 Å². The fourth-order valence-corrected chi connectivity index (χ4v) is 2.00. The van der Waals surface area contributed by atoms with Gasteiger partial charge >= 0.3 is 5.97 Å². The molecule has 1 aromatic carbocycles. The fraction of sp³-hybridized carbons (Fsp3) is 0.167. The molecular formula is C12H10BrNO2. The molecule has 0 atom stereocenters. The highest BCUT2D eigenvalue weighted by Gasteiger charge is 2.15. The first-order chi connectivity index (χ1) is 7.74. The molecule has 0 fully saturated rings. The molecule has 2 aromatic rings. The Bertz CT molecular complexity index is 540. The van der Waals surface area contributed by atoms with Gasteiger partial charge in [-0.1, -0.05) is 12.1 Å².